The van der Waals surface area contributed by atoms with Gasteiger partial charge in [-0.15, -0.1) is 0 Å². The van der Waals surface area contributed by atoms with Crippen molar-refractivity contribution in [2.75, 3.05) is 34.0 Å². The van der Waals surface area contributed by atoms with Crippen LogP contribution in [0.4, 0.5) is 0 Å². The number of epoxide rings is 1. The first-order chi connectivity index (χ1) is 9.86. The van der Waals surface area contributed by atoms with Gasteiger partial charge in [0, 0.05) is 30.3 Å². The number of hydrogen-bond acceptors (Lipinski definition) is 4. The van der Waals surface area contributed by atoms with Gasteiger partial charge in [-0.25, -0.2) is 0 Å². The molecule has 0 aromatic heterocycles. The van der Waals surface area contributed by atoms with E-state index < -0.39 is 0 Å². The van der Waals surface area contributed by atoms with E-state index in [1.54, 1.807) is 14.2 Å². The van der Waals surface area contributed by atoms with Gasteiger partial charge < -0.3 is 18.9 Å². The van der Waals surface area contributed by atoms with Crippen LogP contribution < -0.4 is 0 Å². The molecule has 1 aliphatic heterocycles. The summed E-state index contributed by atoms with van der Waals surface area (Å²) in [5.74, 6) is 0. The molecule has 1 rings (SSSR count). The normalized spacial score (nSPS) is 18.4. The summed E-state index contributed by atoms with van der Waals surface area (Å²) in [4.78, 5) is 0. The lowest BCUT2D eigenvalue weighted by Gasteiger charge is -2.12. The quantitative estimate of drug-likeness (QED) is 0.202. The van der Waals surface area contributed by atoms with E-state index in [9.17, 15) is 0 Å². The zero-order valence-corrected chi connectivity index (χ0v) is 14.7. The lowest BCUT2D eigenvalue weighted by atomic mass is 10.1. The summed E-state index contributed by atoms with van der Waals surface area (Å²) < 4.78 is 21.0. The van der Waals surface area contributed by atoms with Crippen LogP contribution in [-0.2, 0) is 18.9 Å². The van der Waals surface area contributed by atoms with Crippen molar-refractivity contribution < 1.29 is 18.9 Å². The average molecular weight is 305 g/mol. The van der Waals surface area contributed by atoms with Crippen LogP contribution in [0.15, 0.2) is 0 Å². The van der Waals surface area contributed by atoms with Crippen molar-refractivity contribution in [2.24, 2.45) is 0 Å². The highest BCUT2D eigenvalue weighted by Gasteiger charge is 2.21. The van der Waals surface area contributed by atoms with Gasteiger partial charge >= 0.3 is 0 Å². The van der Waals surface area contributed by atoms with Crippen molar-refractivity contribution in [1.82, 2.24) is 0 Å². The molecule has 1 fully saturated rings. The summed E-state index contributed by atoms with van der Waals surface area (Å²) in [7, 11) is 3.58. The largest absolute Gasteiger partial charge is 0.379 e. The summed E-state index contributed by atoms with van der Waals surface area (Å²) in [6, 6.07) is 2.92. The van der Waals surface area contributed by atoms with E-state index >= 15 is 0 Å². The molecule has 4 nitrogen and oxygen atoms in total. The summed E-state index contributed by atoms with van der Waals surface area (Å²) >= 11 is 0. The molecule has 0 aromatic rings. The van der Waals surface area contributed by atoms with Gasteiger partial charge in [-0.2, -0.15) is 0 Å². The van der Waals surface area contributed by atoms with E-state index in [-0.39, 0.29) is 15.8 Å². The van der Waals surface area contributed by atoms with Crippen molar-refractivity contribution >= 4 is 9.52 Å². The van der Waals surface area contributed by atoms with Gasteiger partial charge in [0.2, 0.25) is 0 Å². The second-order valence-corrected chi connectivity index (χ2v) is 7.67. The molecule has 120 valence electrons. The Morgan fingerprint density at radius 2 is 1.75 bits per heavy atom. The van der Waals surface area contributed by atoms with Gasteiger partial charge in [0.15, 0.2) is 6.29 Å². The van der Waals surface area contributed by atoms with Gasteiger partial charge in [-0.1, -0.05) is 31.4 Å². The Hall–Kier alpha value is 0.0569. The van der Waals surface area contributed by atoms with E-state index in [4.69, 9.17) is 18.9 Å². The van der Waals surface area contributed by atoms with Crippen LogP contribution in [-0.4, -0.2) is 56.0 Å². The molecule has 0 aliphatic carbocycles. The fraction of sp³-hybridized carbons (Fsp3) is 1.00. The Kier molecular flexibility index (Phi) is 11.6. The van der Waals surface area contributed by atoms with Crippen LogP contribution >= 0.6 is 0 Å². The molecule has 0 spiro atoms. The molecule has 1 saturated heterocycles. The number of unbranched alkanes of at least 4 members (excludes halogenated alkanes) is 3. The molecule has 1 atom stereocenters. The maximum absolute atomic E-state index is 5.53. The molecule has 1 heterocycles. The number of ether oxygens (including phenoxy) is 4. The standard InChI is InChI=1S/C15H32O4Si/c1-16-15(17-2)8-5-3-4-6-10-20-11-7-9-18-12-14-13-19-14/h14-15H,3-13,20H2,1-2H3. The lowest BCUT2D eigenvalue weighted by molar-refractivity contribution is -0.107. The van der Waals surface area contributed by atoms with E-state index in [0.29, 0.717) is 6.10 Å². The van der Waals surface area contributed by atoms with E-state index in [1.165, 1.54) is 44.2 Å². The Morgan fingerprint density at radius 3 is 2.45 bits per heavy atom. The topological polar surface area (TPSA) is 40.2 Å². The third-order valence-electron chi connectivity index (χ3n) is 3.71. The summed E-state index contributed by atoms with van der Waals surface area (Å²) in [5.41, 5.74) is 0. The minimum Gasteiger partial charge on any atom is -0.379 e. The van der Waals surface area contributed by atoms with Crippen molar-refractivity contribution in [2.45, 2.75) is 63.0 Å². The maximum Gasteiger partial charge on any atom is 0.156 e. The third kappa shape index (κ3) is 10.8. The Bertz CT molecular complexity index is 208. The zero-order valence-electron chi connectivity index (χ0n) is 13.3. The minimum absolute atomic E-state index is 0.00888. The van der Waals surface area contributed by atoms with Crippen molar-refractivity contribution in [1.29, 1.82) is 0 Å². The van der Waals surface area contributed by atoms with Crippen molar-refractivity contribution in [3.63, 3.8) is 0 Å². The maximum atomic E-state index is 5.53. The van der Waals surface area contributed by atoms with Gasteiger partial charge in [0.05, 0.1) is 13.2 Å². The number of hydrogen-bond donors (Lipinski definition) is 0. The second kappa shape index (κ2) is 12.8. The Morgan fingerprint density at radius 1 is 1.05 bits per heavy atom. The predicted octanol–water partition coefficient (Wildman–Crippen LogP) is 2.37. The van der Waals surface area contributed by atoms with Crippen LogP contribution in [0.5, 0.6) is 0 Å². The van der Waals surface area contributed by atoms with Crippen LogP contribution in [0.3, 0.4) is 0 Å². The first kappa shape index (κ1) is 18.1. The van der Waals surface area contributed by atoms with Crippen LogP contribution in [0.1, 0.15) is 38.5 Å². The highest BCUT2D eigenvalue weighted by atomic mass is 28.2. The Labute approximate surface area is 126 Å². The zero-order chi connectivity index (χ0) is 14.5. The first-order valence-corrected chi connectivity index (χ1v) is 10.1. The molecule has 0 aromatic carbocycles. The second-order valence-electron chi connectivity index (χ2n) is 5.55. The fourth-order valence-electron chi connectivity index (χ4n) is 2.29. The SMILES string of the molecule is COC(CCCCCC[SiH2]CCCOCC1CO1)OC. The van der Waals surface area contributed by atoms with Gasteiger partial charge in [0.25, 0.3) is 0 Å². The molecule has 1 aliphatic rings. The third-order valence-corrected chi connectivity index (χ3v) is 5.71. The van der Waals surface area contributed by atoms with E-state index in [1.807, 2.05) is 0 Å². The average Bonchev–Trinajstić information content (AvgIpc) is 3.28. The number of rotatable bonds is 15. The monoisotopic (exact) mass is 304 g/mol. The van der Waals surface area contributed by atoms with Crippen LogP contribution in [0, 0.1) is 0 Å². The molecule has 20 heavy (non-hydrogen) atoms. The molecule has 0 amide bonds. The van der Waals surface area contributed by atoms with Gasteiger partial charge in [-0.3, -0.25) is 0 Å². The van der Waals surface area contributed by atoms with E-state index in [2.05, 4.69) is 0 Å². The molecule has 0 N–H and O–H groups in total. The fourth-order valence-corrected chi connectivity index (χ4v) is 3.91. The molecule has 1 unspecified atom stereocenters. The molecular weight excluding hydrogens is 272 g/mol. The van der Waals surface area contributed by atoms with Crippen molar-refractivity contribution in [3.05, 3.63) is 0 Å². The number of methoxy groups -OCH3 is 2. The predicted molar refractivity (Wildman–Crippen MR) is 84.2 cm³/mol. The molecular formula is C15H32O4Si. The molecule has 0 bridgehead atoms. The highest BCUT2D eigenvalue weighted by molar-refractivity contribution is 6.35. The van der Waals surface area contributed by atoms with Crippen LogP contribution in [0.25, 0.3) is 0 Å². The minimum atomic E-state index is -0.00888. The Balaban J connectivity index is 1.67. The van der Waals surface area contributed by atoms with E-state index in [0.717, 1.165) is 26.2 Å². The first-order valence-electron chi connectivity index (χ1n) is 8.11. The van der Waals surface area contributed by atoms with Crippen molar-refractivity contribution in [3.8, 4) is 0 Å². The molecule has 0 radical (unpaired) electrons. The lowest BCUT2D eigenvalue weighted by Crippen LogP contribution is -2.12. The molecule has 0 saturated carbocycles. The van der Waals surface area contributed by atoms with Crippen LogP contribution in [0.2, 0.25) is 12.1 Å². The highest BCUT2D eigenvalue weighted by Crippen LogP contribution is 2.11. The summed E-state index contributed by atoms with van der Waals surface area (Å²) in [6.07, 6.45) is 7.98. The molecule has 5 heteroatoms. The van der Waals surface area contributed by atoms with Gasteiger partial charge in [0.1, 0.15) is 6.10 Å². The summed E-state index contributed by atoms with van der Waals surface area (Å²) in [5, 5.41) is 0. The van der Waals surface area contributed by atoms with Gasteiger partial charge in [-0.05, 0) is 19.3 Å². The smallest absolute Gasteiger partial charge is 0.156 e. The summed E-state index contributed by atoms with van der Waals surface area (Å²) in [6.45, 7) is 2.65.